The quantitative estimate of drug-likeness (QED) is 0.209. The summed E-state index contributed by atoms with van der Waals surface area (Å²) >= 11 is 1.04. The van der Waals surface area contributed by atoms with Crippen LogP contribution in [-0.4, -0.2) is 97.1 Å². The number of fused-ring (bicyclic) bond motifs is 3. The first-order valence-corrected chi connectivity index (χ1v) is 14.7. The van der Waals surface area contributed by atoms with E-state index in [9.17, 15) is 26.4 Å². The van der Waals surface area contributed by atoms with Gasteiger partial charge < -0.3 is 4.57 Å². The van der Waals surface area contributed by atoms with Gasteiger partial charge in [-0.2, -0.15) is 48.9 Å². The fourth-order valence-electron chi connectivity index (χ4n) is 3.71. The first-order chi connectivity index (χ1) is 18.2. The molecule has 19 heteroatoms. The molecule has 5 aromatic heterocycles. The molecule has 5 aromatic rings. The van der Waals surface area contributed by atoms with Gasteiger partial charge in [0.2, 0.25) is 5.78 Å². The van der Waals surface area contributed by atoms with Gasteiger partial charge in [0, 0.05) is 53.0 Å². The van der Waals surface area contributed by atoms with Gasteiger partial charge in [0.25, 0.3) is 5.56 Å². The molecule has 0 fully saturated rings. The number of nitrogens with zero attached hydrogens (tertiary/aromatic N) is 10. The minimum absolute atomic E-state index is 0.0702. The van der Waals surface area contributed by atoms with E-state index >= 15 is 0 Å². The van der Waals surface area contributed by atoms with E-state index in [1.807, 2.05) is 0 Å². The average Bonchev–Trinajstić information content (AvgIpc) is 3.66. The molecule has 0 aromatic carbocycles. The lowest BCUT2D eigenvalue weighted by Crippen LogP contribution is -2.29. The molecule has 0 aliphatic carbocycles. The number of carbonyl (C=O) groups excluding carboxylic acids is 1. The Morgan fingerprint density at radius 3 is 2.23 bits per heavy atom. The van der Waals surface area contributed by atoms with Crippen molar-refractivity contribution in [3.05, 3.63) is 57.5 Å². The molecule has 0 radical (unpaired) electrons. The topological polar surface area (TPSA) is 180 Å². The van der Waals surface area contributed by atoms with Crippen molar-refractivity contribution in [1.82, 2.24) is 46.3 Å². The van der Waals surface area contributed by atoms with Gasteiger partial charge in [0.05, 0.1) is 23.1 Å². The van der Waals surface area contributed by atoms with Crippen LogP contribution in [0.4, 0.5) is 0 Å². The molecule has 16 nitrogen and oxygen atoms in total. The summed E-state index contributed by atoms with van der Waals surface area (Å²) in [4.78, 5) is 30.7. The van der Waals surface area contributed by atoms with Crippen molar-refractivity contribution in [3.63, 3.8) is 0 Å². The molecule has 5 heterocycles. The Kier molecular flexibility index (Phi) is 6.30. The maximum Gasteiger partial charge on any atom is 0.322 e. The van der Waals surface area contributed by atoms with Crippen molar-refractivity contribution in [1.29, 1.82) is 0 Å². The number of hydrogen-bond acceptors (Lipinski definition) is 11. The van der Waals surface area contributed by atoms with Gasteiger partial charge in [-0.3, -0.25) is 9.59 Å². The van der Waals surface area contributed by atoms with Crippen LogP contribution in [0.2, 0.25) is 0 Å². The lowest BCUT2D eigenvalue weighted by molar-refractivity contribution is 0.103. The second kappa shape index (κ2) is 9.16. The summed E-state index contributed by atoms with van der Waals surface area (Å²) in [6.45, 7) is -0.0702. The van der Waals surface area contributed by atoms with E-state index in [1.54, 1.807) is 11.6 Å². The Balaban J connectivity index is 1.49. The van der Waals surface area contributed by atoms with Gasteiger partial charge in [-0.05, 0) is 12.1 Å². The van der Waals surface area contributed by atoms with Gasteiger partial charge in [0.1, 0.15) is 11.2 Å². The summed E-state index contributed by atoms with van der Waals surface area (Å²) in [6.07, 6.45) is 3.93. The normalized spacial score (nSPS) is 12.9. The Hall–Kier alpha value is -3.78. The molecule has 0 saturated heterocycles. The largest absolute Gasteiger partial charge is 0.323 e. The minimum atomic E-state index is -3.88. The van der Waals surface area contributed by atoms with Crippen LogP contribution >= 0.6 is 11.3 Å². The monoisotopic (exact) mass is 594 g/mol. The van der Waals surface area contributed by atoms with Gasteiger partial charge in [-0.25, -0.2) is 9.67 Å². The molecule has 0 atom stereocenters. The molecule has 5 rings (SSSR count). The van der Waals surface area contributed by atoms with Crippen LogP contribution in [-0.2, 0) is 34.0 Å². The van der Waals surface area contributed by atoms with Crippen LogP contribution in [0.15, 0.2) is 35.5 Å². The molecule has 39 heavy (non-hydrogen) atoms. The fourth-order valence-corrected chi connectivity index (χ4v) is 6.26. The molecular formula is C20H22N10O6S3. The number of aryl methyl sites for hydroxylation is 1. The zero-order valence-corrected chi connectivity index (χ0v) is 23.7. The maximum atomic E-state index is 13.3. The zero-order valence-electron chi connectivity index (χ0n) is 21.2. The molecule has 0 aliphatic heterocycles. The van der Waals surface area contributed by atoms with Gasteiger partial charge >= 0.3 is 20.4 Å². The molecule has 0 saturated carbocycles. The highest BCUT2D eigenvalue weighted by atomic mass is 32.2. The lowest BCUT2D eigenvalue weighted by Gasteiger charge is -2.10. The van der Waals surface area contributed by atoms with Crippen LogP contribution < -0.4 is 5.56 Å². The van der Waals surface area contributed by atoms with Crippen LogP contribution in [0, 0.1) is 0 Å². The highest BCUT2D eigenvalue weighted by molar-refractivity contribution is 7.87. The Labute approximate surface area is 225 Å². The second-order valence-electron chi connectivity index (χ2n) is 8.76. The van der Waals surface area contributed by atoms with Crippen LogP contribution in [0.1, 0.15) is 21.2 Å². The number of rotatable bonds is 8. The molecule has 0 amide bonds. The van der Waals surface area contributed by atoms with Gasteiger partial charge in [-0.15, -0.1) is 11.3 Å². The Morgan fingerprint density at radius 2 is 1.59 bits per heavy atom. The number of carbonyl (C=O) groups is 1. The summed E-state index contributed by atoms with van der Waals surface area (Å²) in [5.41, 5.74) is 0.425. The minimum Gasteiger partial charge on any atom is -0.323 e. The third-order valence-electron chi connectivity index (χ3n) is 5.85. The van der Waals surface area contributed by atoms with E-state index in [1.165, 1.54) is 58.9 Å². The van der Waals surface area contributed by atoms with Crippen molar-refractivity contribution in [2.45, 2.75) is 6.54 Å². The van der Waals surface area contributed by atoms with Crippen molar-refractivity contribution < 1.29 is 21.6 Å². The van der Waals surface area contributed by atoms with Crippen molar-refractivity contribution >= 4 is 58.8 Å². The summed E-state index contributed by atoms with van der Waals surface area (Å²) in [7, 11) is -0.589. The Bertz CT molecular complexity index is 2040. The number of ketones is 1. The van der Waals surface area contributed by atoms with E-state index in [0.29, 0.717) is 31.0 Å². The van der Waals surface area contributed by atoms with E-state index in [2.05, 4.69) is 20.3 Å². The lowest BCUT2D eigenvalue weighted by atomic mass is 10.3. The molecular weight excluding hydrogens is 572 g/mol. The SMILES string of the molecule is CN(C)S(=O)(=O)n1ccc(Cn2ncc3c4sc(C(=O)c5ccn(S(=O)(=O)N(C)C)n5)nc4n(C)c3c2=O)n1. The first kappa shape index (κ1) is 26.8. The Morgan fingerprint density at radius 1 is 0.974 bits per heavy atom. The number of aromatic nitrogens is 8. The molecule has 0 spiro atoms. The van der Waals surface area contributed by atoms with E-state index < -0.39 is 31.8 Å². The van der Waals surface area contributed by atoms with Gasteiger partial charge in [-0.1, -0.05) is 0 Å². The van der Waals surface area contributed by atoms with Gasteiger partial charge in [0.15, 0.2) is 10.7 Å². The summed E-state index contributed by atoms with van der Waals surface area (Å²) < 4.78 is 55.8. The highest BCUT2D eigenvalue weighted by Crippen LogP contribution is 2.31. The third kappa shape index (κ3) is 4.27. The number of hydrogen-bond donors (Lipinski definition) is 0. The predicted octanol–water partition coefficient (Wildman–Crippen LogP) is -0.674. The summed E-state index contributed by atoms with van der Waals surface area (Å²) in [5.74, 6) is -0.568. The van der Waals surface area contributed by atoms with Crippen LogP contribution in [0.3, 0.4) is 0 Å². The van der Waals surface area contributed by atoms with Crippen LogP contribution in [0.25, 0.3) is 21.3 Å². The predicted molar refractivity (Wildman–Crippen MR) is 141 cm³/mol. The van der Waals surface area contributed by atoms with Crippen molar-refractivity contribution in [2.75, 3.05) is 28.2 Å². The summed E-state index contributed by atoms with van der Waals surface area (Å²) in [6, 6.07) is 2.77. The standard InChI is InChI=1S/C20H22N10O6S3/c1-25(2)38(33,34)29-8-6-12(23-29)11-28-20(32)15-13(10-21-28)17-18(27(15)5)22-19(37-17)16(31)14-7-9-30(24-14)39(35,36)26(3)4/h6-10H,11H2,1-5H3. The van der Waals surface area contributed by atoms with E-state index in [4.69, 9.17) is 0 Å². The average molecular weight is 595 g/mol. The van der Waals surface area contributed by atoms with E-state index in [0.717, 1.165) is 28.7 Å². The molecule has 0 unspecified atom stereocenters. The highest BCUT2D eigenvalue weighted by Gasteiger charge is 2.25. The first-order valence-electron chi connectivity index (χ1n) is 11.1. The maximum absolute atomic E-state index is 13.3. The molecule has 0 aliphatic rings. The van der Waals surface area contributed by atoms with Crippen LogP contribution in [0.5, 0.6) is 0 Å². The number of thiazole rings is 1. The molecule has 0 N–H and O–H groups in total. The molecule has 0 bridgehead atoms. The molecule has 206 valence electrons. The second-order valence-corrected chi connectivity index (χ2v) is 13.8. The van der Waals surface area contributed by atoms with Crippen molar-refractivity contribution in [3.8, 4) is 0 Å². The zero-order chi connectivity index (χ0) is 28.4. The smallest absolute Gasteiger partial charge is 0.322 e. The summed E-state index contributed by atoms with van der Waals surface area (Å²) in [5, 5.41) is 12.7. The third-order valence-corrected chi connectivity index (χ3v) is 10.1. The van der Waals surface area contributed by atoms with E-state index in [-0.39, 0.29) is 17.2 Å². The van der Waals surface area contributed by atoms with Crippen molar-refractivity contribution in [2.24, 2.45) is 7.05 Å². The fraction of sp³-hybridized carbons (Fsp3) is 0.300.